The van der Waals surface area contributed by atoms with Gasteiger partial charge in [0.2, 0.25) is 0 Å². The molecule has 0 rings (SSSR count). The monoisotopic (exact) mass is 207 g/mol. The number of hydrogen-bond acceptors (Lipinski definition) is 4. The number of nitrogens with one attached hydrogen (secondary N) is 1. The normalized spacial score (nSPS) is 10.4. The Kier molecular flexibility index (Phi) is 8.97. The zero-order valence-corrected chi connectivity index (χ0v) is 10.00. The second-order valence-corrected chi connectivity index (χ2v) is 3.27. The first-order chi connectivity index (χ1) is 4.42. The van der Waals surface area contributed by atoms with Gasteiger partial charge in [-0.2, -0.15) is 0 Å². The summed E-state index contributed by atoms with van der Waals surface area (Å²) in [6.45, 7) is -0.550. The molecule has 0 aliphatic heterocycles. The first-order valence-electron chi connectivity index (χ1n) is 2.37. The van der Waals surface area contributed by atoms with E-state index in [1.165, 1.54) is 0 Å². The molecular formula is C3H7KNO5P. The molecule has 0 heterocycles. The number of carboxylic acids is 1. The number of carbonyl (C=O) groups excluding carboxylic acids is 1. The average Bonchev–Trinajstić information content (AvgIpc) is 1.59. The second-order valence-electron chi connectivity index (χ2n) is 1.62. The van der Waals surface area contributed by atoms with Crippen molar-refractivity contribution in [2.45, 2.75) is 0 Å². The molecule has 3 N–H and O–H groups in total. The summed E-state index contributed by atoms with van der Waals surface area (Å²) < 4.78 is 10.0. The molecule has 0 spiro atoms. The fourth-order valence-corrected chi connectivity index (χ4v) is 0.707. The van der Waals surface area contributed by atoms with Crippen LogP contribution in [0.4, 0.5) is 0 Å². The van der Waals surface area contributed by atoms with E-state index in [1.807, 2.05) is 5.32 Å². The van der Waals surface area contributed by atoms with Crippen LogP contribution in [0.1, 0.15) is 0 Å². The quantitative estimate of drug-likeness (QED) is 0.313. The van der Waals surface area contributed by atoms with Crippen LogP contribution in [0.15, 0.2) is 0 Å². The maximum absolute atomic E-state index is 10.0. The molecule has 0 aromatic heterocycles. The molecule has 0 saturated heterocycles. The minimum Gasteiger partial charge on any atom is -0.549 e. The Morgan fingerprint density at radius 3 is 2.27 bits per heavy atom. The third-order valence-corrected chi connectivity index (χ3v) is 1.22. The Hall–Kier alpha value is 1.22. The predicted octanol–water partition coefficient (Wildman–Crippen LogP) is -5.53. The molecule has 0 aliphatic rings. The van der Waals surface area contributed by atoms with Gasteiger partial charge in [-0.05, 0) is 0 Å². The summed E-state index contributed by atoms with van der Waals surface area (Å²) in [7, 11) is -4.12. The molecule has 60 valence electrons. The van der Waals surface area contributed by atoms with Gasteiger partial charge in [0.1, 0.15) is 0 Å². The van der Waals surface area contributed by atoms with Crippen molar-refractivity contribution in [3.63, 3.8) is 0 Å². The Labute approximate surface area is 106 Å². The van der Waals surface area contributed by atoms with Crippen LogP contribution < -0.4 is 61.8 Å². The van der Waals surface area contributed by atoms with Gasteiger partial charge in [-0.15, -0.1) is 0 Å². The SMILES string of the molecule is O=C([O-])CNCP(=O)(O)O.[K+]. The summed E-state index contributed by atoms with van der Waals surface area (Å²) in [5.74, 6) is -1.39. The van der Waals surface area contributed by atoms with Crippen molar-refractivity contribution in [1.82, 2.24) is 5.32 Å². The molecule has 0 aromatic rings. The number of aliphatic carboxylic acids is 1. The van der Waals surface area contributed by atoms with Gasteiger partial charge in [0.15, 0.2) is 0 Å². The van der Waals surface area contributed by atoms with Crippen LogP contribution in [0.25, 0.3) is 0 Å². The molecular weight excluding hydrogens is 200 g/mol. The van der Waals surface area contributed by atoms with Crippen molar-refractivity contribution in [2.75, 3.05) is 12.8 Å². The van der Waals surface area contributed by atoms with Gasteiger partial charge in [0, 0.05) is 6.54 Å². The van der Waals surface area contributed by atoms with E-state index in [-0.39, 0.29) is 51.4 Å². The van der Waals surface area contributed by atoms with E-state index in [9.17, 15) is 14.5 Å². The maximum Gasteiger partial charge on any atom is 1.00 e. The summed E-state index contributed by atoms with van der Waals surface area (Å²) in [6, 6.07) is 0. The van der Waals surface area contributed by atoms with E-state index >= 15 is 0 Å². The zero-order chi connectivity index (χ0) is 8.20. The van der Waals surface area contributed by atoms with Crippen LogP contribution in [0, 0.1) is 0 Å². The summed E-state index contributed by atoms with van der Waals surface area (Å²) in [5.41, 5.74) is 0. The third-order valence-electron chi connectivity index (χ3n) is 0.587. The van der Waals surface area contributed by atoms with Crippen LogP contribution in [-0.4, -0.2) is 28.6 Å². The number of hydrogen-bond donors (Lipinski definition) is 3. The van der Waals surface area contributed by atoms with Crippen molar-refractivity contribution in [3.8, 4) is 0 Å². The van der Waals surface area contributed by atoms with Gasteiger partial charge >= 0.3 is 59.0 Å². The topological polar surface area (TPSA) is 110 Å². The Balaban J connectivity index is 0. The third kappa shape index (κ3) is 14.1. The van der Waals surface area contributed by atoms with E-state index in [4.69, 9.17) is 9.79 Å². The number of carbonyl (C=O) groups is 1. The first kappa shape index (κ1) is 14.7. The van der Waals surface area contributed by atoms with Gasteiger partial charge in [-0.25, -0.2) is 0 Å². The van der Waals surface area contributed by atoms with Gasteiger partial charge in [0.05, 0.1) is 12.3 Å². The van der Waals surface area contributed by atoms with Gasteiger partial charge < -0.3 is 25.0 Å². The van der Waals surface area contributed by atoms with E-state index in [0.29, 0.717) is 0 Å². The summed E-state index contributed by atoms with van der Waals surface area (Å²) in [5, 5.41) is 11.7. The smallest absolute Gasteiger partial charge is 0.549 e. The molecule has 0 amide bonds. The molecule has 0 radical (unpaired) electrons. The van der Waals surface area contributed by atoms with Crippen molar-refractivity contribution >= 4 is 13.6 Å². The van der Waals surface area contributed by atoms with E-state index in [1.54, 1.807) is 0 Å². The van der Waals surface area contributed by atoms with Gasteiger partial charge in [-0.3, -0.25) is 4.57 Å². The first-order valence-corrected chi connectivity index (χ1v) is 4.17. The minimum absolute atomic E-state index is 0. The maximum atomic E-state index is 10.0. The predicted molar refractivity (Wildman–Crippen MR) is 29.9 cm³/mol. The molecule has 0 unspecified atom stereocenters. The summed E-state index contributed by atoms with van der Waals surface area (Å²) >= 11 is 0. The molecule has 6 nitrogen and oxygen atoms in total. The zero-order valence-electron chi connectivity index (χ0n) is 5.98. The van der Waals surface area contributed by atoms with Crippen LogP contribution in [-0.2, 0) is 9.36 Å². The van der Waals surface area contributed by atoms with Crippen molar-refractivity contribution in [3.05, 3.63) is 0 Å². The van der Waals surface area contributed by atoms with Crippen LogP contribution in [0.2, 0.25) is 0 Å². The molecule has 11 heavy (non-hydrogen) atoms. The molecule has 8 heteroatoms. The Bertz CT molecular complexity index is 167. The molecule has 0 bridgehead atoms. The summed E-state index contributed by atoms with van der Waals surface area (Å²) in [6.07, 6.45) is -0.638. The number of carboxylic acid groups (broad SMARTS) is 1. The molecule has 0 fully saturated rings. The minimum atomic E-state index is -4.12. The Morgan fingerprint density at radius 1 is 1.55 bits per heavy atom. The fourth-order valence-electron chi connectivity index (χ4n) is 0.304. The second kappa shape index (κ2) is 6.70. The van der Waals surface area contributed by atoms with E-state index in [0.717, 1.165) is 0 Å². The van der Waals surface area contributed by atoms with Crippen LogP contribution >= 0.6 is 7.60 Å². The average molecular weight is 207 g/mol. The largest absolute Gasteiger partial charge is 1.00 e. The van der Waals surface area contributed by atoms with Crippen molar-refractivity contribution < 1.29 is 75.6 Å². The Morgan fingerprint density at radius 2 is 2.00 bits per heavy atom. The van der Waals surface area contributed by atoms with E-state index < -0.39 is 26.4 Å². The van der Waals surface area contributed by atoms with E-state index in [2.05, 4.69) is 0 Å². The molecule has 0 aromatic carbocycles. The molecule has 0 aliphatic carbocycles. The van der Waals surface area contributed by atoms with Crippen LogP contribution in [0.3, 0.4) is 0 Å². The molecule has 0 saturated carbocycles. The van der Waals surface area contributed by atoms with Crippen LogP contribution in [0.5, 0.6) is 0 Å². The standard InChI is InChI=1S/C3H8NO5P.K/c5-3(6)1-4-2-10(7,8)9;/h4H,1-2H2,(H,5,6)(H2,7,8,9);/q;+1/p-1. The number of rotatable bonds is 4. The van der Waals surface area contributed by atoms with Gasteiger partial charge in [0.25, 0.3) is 0 Å². The van der Waals surface area contributed by atoms with Crippen molar-refractivity contribution in [1.29, 1.82) is 0 Å². The van der Waals surface area contributed by atoms with Crippen molar-refractivity contribution in [2.24, 2.45) is 0 Å². The molecule has 0 atom stereocenters. The van der Waals surface area contributed by atoms with Gasteiger partial charge in [-0.1, -0.05) is 0 Å². The summed E-state index contributed by atoms with van der Waals surface area (Å²) in [4.78, 5) is 26.0. The fraction of sp³-hybridized carbons (Fsp3) is 0.667.